The highest BCUT2D eigenvalue weighted by Crippen LogP contribution is 2.37. The molecule has 9 heteroatoms. The van der Waals surface area contributed by atoms with Gasteiger partial charge in [0.15, 0.2) is 5.13 Å². The molecule has 2 amide bonds. The molecule has 7 nitrogen and oxygen atoms in total. The number of ether oxygens (including phenoxy) is 1. The number of anilines is 2. The summed E-state index contributed by atoms with van der Waals surface area (Å²) in [6.07, 6.45) is 0.0625. The Balaban J connectivity index is 1.76. The lowest BCUT2D eigenvalue weighted by Crippen LogP contribution is -2.19. The van der Waals surface area contributed by atoms with E-state index in [9.17, 15) is 14.4 Å². The Morgan fingerprint density at radius 2 is 1.88 bits per heavy atom. The normalized spacial score (nSPS) is 11.4. The first-order chi connectivity index (χ1) is 15.4. The van der Waals surface area contributed by atoms with Gasteiger partial charge in [0.05, 0.1) is 18.7 Å². The van der Waals surface area contributed by atoms with E-state index in [1.54, 1.807) is 18.4 Å². The van der Waals surface area contributed by atoms with Crippen LogP contribution in [0.5, 0.6) is 0 Å². The zero-order chi connectivity index (χ0) is 22.9. The van der Waals surface area contributed by atoms with Gasteiger partial charge in [0, 0.05) is 22.9 Å². The molecule has 0 bridgehead atoms. The smallest absolute Gasteiger partial charge is 0.311 e. The summed E-state index contributed by atoms with van der Waals surface area (Å²) in [7, 11) is 0. The average molecular weight is 470 g/mol. The third-order valence-electron chi connectivity index (χ3n) is 4.16. The second-order valence-corrected chi connectivity index (χ2v) is 8.77. The van der Waals surface area contributed by atoms with Crippen LogP contribution in [-0.2, 0) is 25.5 Å². The van der Waals surface area contributed by atoms with Crippen LogP contribution >= 0.6 is 23.1 Å². The van der Waals surface area contributed by atoms with E-state index in [0.29, 0.717) is 23.1 Å². The number of hydrogen-bond acceptors (Lipinski definition) is 7. The lowest BCUT2D eigenvalue weighted by molar-refractivity contribution is -0.142. The van der Waals surface area contributed by atoms with Gasteiger partial charge in [-0.25, -0.2) is 4.98 Å². The molecule has 1 atom stereocenters. The van der Waals surface area contributed by atoms with E-state index in [4.69, 9.17) is 4.74 Å². The second-order valence-electron chi connectivity index (χ2n) is 6.73. The van der Waals surface area contributed by atoms with Crippen molar-refractivity contribution in [2.75, 3.05) is 17.2 Å². The number of nitrogens with zero attached hydrogens (tertiary/aromatic N) is 1. The first-order valence-electron chi connectivity index (χ1n) is 9.94. The number of nitrogens with one attached hydrogen (secondary N) is 2. The monoisotopic (exact) mass is 469 g/mol. The minimum atomic E-state index is -0.541. The van der Waals surface area contributed by atoms with E-state index < -0.39 is 5.25 Å². The zero-order valence-electron chi connectivity index (χ0n) is 17.7. The molecular formula is C23H23N3O4S2. The molecule has 1 heterocycles. The molecule has 166 valence electrons. The van der Waals surface area contributed by atoms with Crippen LogP contribution in [0, 0.1) is 0 Å². The zero-order valence-corrected chi connectivity index (χ0v) is 19.3. The van der Waals surface area contributed by atoms with Gasteiger partial charge >= 0.3 is 5.97 Å². The lowest BCUT2D eigenvalue weighted by Gasteiger charge is -2.16. The summed E-state index contributed by atoms with van der Waals surface area (Å²) in [6.45, 7) is 3.51. The van der Waals surface area contributed by atoms with Crippen molar-refractivity contribution >= 4 is 51.7 Å². The molecule has 0 aliphatic carbocycles. The van der Waals surface area contributed by atoms with Gasteiger partial charge in [-0.1, -0.05) is 36.4 Å². The maximum absolute atomic E-state index is 13.2. The van der Waals surface area contributed by atoms with E-state index in [1.165, 1.54) is 30.0 Å². The van der Waals surface area contributed by atoms with Crippen molar-refractivity contribution in [1.82, 2.24) is 4.98 Å². The summed E-state index contributed by atoms with van der Waals surface area (Å²) in [5.74, 6) is -0.748. The van der Waals surface area contributed by atoms with Gasteiger partial charge in [-0.3, -0.25) is 14.4 Å². The first kappa shape index (κ1) is 23.5. The number of carbonyl (C=O) groups excluding carboxylic acids is 3. The van der Waals surface area contributed by atoms with Crippen molar-refractivity contribution in [3.8, 4) is 0 Å². The Hall–Kier alpha value is -3.17. The largest absolute Gasteiger partial charge is 0.466 e. The Morgan fingerprint density at radius 3 is 2.59 bits per heavy atom. The van der Waals surface area contributed by atoms with Crippen LogP contribution in [0.15, 0.2) is 64.9 Å². The van der Waals surface area contributed by atoms with Crippen LogP contribution in [0.1, 0.15) is 30.4 Å². The fraction of sp³-hybridized carbons (Fsp3) is 0.217. The topological polar surface area (TPSA) is 97.4 Å². The van der Waals surface area contributed by atoms with Gasteiger partial charge in [-0.2, -0.15) is 0 Å². The predicted octanol–water partition coefficient (Wildman–Crippen LogP) is 4.68. The number of benzene rings is 2. The molecule has 1 unspecified atom stereocenters. The molecule has 0 spiro atoms. The van der Waals surface area contributed by atoms with E-state index in [1.807, 2.05) is 48.5 Å². The lowest BCUT2D eigenvalue weighted by atomic mass is 10.1. The molecule has 3 rings (SSSR count). The van der Waals surface area contributed by atoms with Crippen LogP contribution in [0.25, 0.3) is 0 Å². The van der Waals surface area contributed by atoms with Crippen LogP contribution in [0.3, 0.4) is 0 Å². The standard InChI is InChI=1S/C23H23N3O4S2/c1-3-30-20(28)13-18-14-31-23(25-18)26-22(29)21(16-8-5-4-6-9-16)32-19-11-7-10-17(12-19)24-15(2)27/h4-12,14,21H,3,13H2,1-2H3,(H,24,27)(H,25,26,29). The number of rotatable bonds is 9. The van der Waals surface area contributed by atoms with Gasteiger partial charge in [0.1, 0.15) is 5.25 Å². The van der Waals surface area contributed by atoms with Gasteiger partial charge in [-0.15, -0.1) is 23.1 Å². The van der Waals surface area contributed by atoms with Crippen molar-refractivity contribution in [1.29, 1.82) is 0 Å². The second kappa shape index (κ2) is 11.4. The third-order valence-corrected chi connectivity index (χ3v) is 6.22. The van der Waals surface area contributed by atoms with Crippen molar-refractivity contribution in [2.45, 2.75) is 30.4 Å². The molecule has 0 aliphatic rings. The Morgan fingerprint density at radius 1 is 1.09 bits per heavy atom. The molecular weight excluding hydrogens is 446 g/mol. The summed E-state index contributed by atoms with van der Waals surface area (Å²) in [5, 5.41) is 7.22. The highest BCUT2D eigenvalue weighted by molar-refractivity contribution is 8.00. The maximum Gasteiger partial charge on any atom is 0.311 e. The molecule has 0 saturated carbocycles. The minimum absolute atomic E-state index is 0.0625. The van der Waals surface area contributed by atoms with Crippen molar-refractivity contribution in [3.05, 3.63) is 71.2 Å². The average Bonchev–Trinajstić information content (AvgIpc) is 3.19. The highest BCUT2D eigenvalue weighted by atomic mass is 32.2. The number of esters is 1. The molecule has 2 N–H and O–H groups in total. The van der Waals surface area contributed by atoms with Gasteiger partial charge < -0.3 is 15.4 Å². The molecule has 2 aromatic carbocycles. The number of amides is 2. The summed E-state index contributed by atoms with van der Waals surface area (Å²) < 4.78 is 4.94. The molecule has 1 aromatic heterocycles. The van der Waals surface area contributed by atoms with E-state index in [2.05, 4.69) is 15.6 Å². The summed E-state index contributed by atoms with van der Waals surface area (Å²) in [4.78, 5) is 41.4. The molecule has 3 aromatic rings. The molecule has 0 saturated heterocycles. The van der Waals surface area contributed by atoms with Gasteiger partial charge in [0.25, 0.3) is 0 Å². The molecule has 0 aliphatic heterocycles. The highest BCUT2D eigenvalue weighted by Gasteiger charge is 2.23. The van der Waals surface area contributed by atoms with E-state index in [-0.39, 0.29) is 24.2 Å². The Kier molecular flexibility index (Phi) is 8.41. The number of hydrogen-bond donors (Lipinski definition) is 2. The van der Waals surface area contributed by atoms with Gasteiger partial charge in [0.2, 0.25) is 11.8 Å². The predicted molar refractivity (Wildman–Crippen MR) is 127 cm³/mol. The maximum atomic E-state index is 13.2. The fourth-order valence-electron chi connectivity index (χ4n) is 2.86. The molecule has 0 radical (unpaired) electrons. The number of thiazole rings is 1. The van der Waals surface area contributed by atoms with Crippen LogP contribution in [-0.4, -0.2) is 29.4 Å². The first-order valence-corrected chi connectivity index (χ1v) is 11.7. The summed E-state index contributed by atoms with van der Waals surface area (Å²) >= 11 is 2.63. The van der Waals surface area contributed by atoms with Crippen molar-refractivity contribution in [2.24, 2.45) is 0 Å². The van der Waals surface area contributed by atoms with E-state index in [0.717, 1.165) is 10.5 Å². The number of thioether (sulfide) groups is 1. The summed E-state index contributed by atoms with van der Waals surface area (Å²) in [6, 6.07) is 16.8. The van der Waals surface area contributed by atoms with Gasteiger partial charge in [-0.05, 0) is 30.7 Å². The van der Waals surface area contributed by atoms with Crippen LogP contribution in [0.4, 0.5) is 10.8 Å². The molecule has 0 fully saturated rings. The Labute approximate surface area is 194 Å². The van der Waals surface area contributed by atoms with Crippen molar-refractivity contribution < 1.29 is 19.1 Å². The van der Waals surface area contributed by atoms with Crippen molar-refractivity contribution in [3.63, 3.8) is 0 Å². The Bertz CT molecular complexity index is 1090. The SMILES string of the molecule is CCOC(=O)Cc1csc(NC(=O)C(Sc2cccc(NC(C)=O)c2)c2ccccc2)n1. The van der Waals surface area contributed by atoms with Crippen LogP contribution in [0.2, 0.25) is 0 Å². The van der Waals surface area contributed by atoms with Crippen LogP contribution < -0.4 is 10.6 Å². The third kappa shape index (κ3) is 6.93. The minimum Gasteiger partial charge on any atom is -0.466 e. The summed E-state index contributed by atoms with van der Waals surface area (Å²) in [5.41, 5.74) is 2.05. The molecule has 32 heavy (non-hydrogen) atoms. The number of aromatic nitrogens is 1. The fourth-order valence-corrected chi connectivity index (χ4v) is 4.66. The van der Waals surface area contributed by atoms with E-state index >= 15 is 0 Å². The number of carbonyl (C=O) groups is 3. The quantitative estimate of drug-likeness (QED) is 0.349.